The highest BCUT2D eigenvalue weighted by Crippen LogP contribution is 2.10. The molecule has 0 aromatic heterocycles. The van der Waals surface area contributed by atoms with Gasteiger partial charge in [0, 0.05) is 17.1 Å². The Hall–Kier alpha value is -1.94. The van der Waals surface area contributed by atoms with E-state index in [1.165, 1.54) is 18.2 Å². The number of benzene rings is 2. The van der Waals surface area contributed by atoms with Gasteiger partial charge in [0.1, 0.15) is 5.82 Å². The lowest BCUT2D eigenvalue weighted by Crippen LogP contribution is -2.20. The maximum absolute atomic E-state index is 12.7. The van der Waals surface area contributed by atoms with Crippen molar-refractivity contribution >= 4 is 27.9 Å². The molecule has 1 amide bonds. The van der Waals surface area contributed by atoms with Crippen molar-refractivity contribution in [2.45, 2.75) is 6.54 Å². The third kappa shape index (κ3) is 4.63. The molecule has 0 unspecified atom stereocenters. The minimum Gasteiger partial charge on any atom is -0.348 e. The van der Waals surface area contributed by atoms with E-state index in [1.54, 1.807) is 18.2 Å². The first kappa shape index (κ1) is 14.5. The summed E-state index contributed by atoms with van der Waals surface area (Å²) in [5.74, 6) is -0.473. The highest BCUT2D eigenvalue weighted by atomic mass is 79.9. The second-order valence-electron chi connectivity index (χ2n) is 4.23. The van der Waals surface area contributed by atoms with Gasteiger partial charge in [0.15, 0.2) is 0 Å². The van der Waals surface area contributed by atoms with Gasteiger partial charge in [-0.25, -0.2) is 4.39 Å². The largest absolute Gasteiger partial charge is 0.348 e. The van der Waals surface area contributed by atoms with E-state index < -0.39 is 0 Å². The summed E-state index contributed by atoms with van der Waals surface area (Å²) in [6.45, 7) is 0.472. The van der Waals surface area contributed by atoms with Crippen LogP contribution in [-0.2, 0) is 11.3 Å². The molecule has 2 aromatic carbocycles. The zero-order chi connectivity index (χ0) is 14.4. The highest BCUT2D eigenvalue weighted by Gasteiger charge is 1.97. The third-order valence-corrected chi connectivity index (χ3v) is 3.21. The molecule has 0 bridgehead atoms. The number of halogens is 2. The van der Waals surface area contributed by atoms with Gasteiger partial charge in [-0.1, -0.05) is 40.2 Å². The first-order valence-electron chi connectivity index (χ1n) is 6.09. The molecule has 0 atom stereocenters. The van der Waals surface area contributed by atoms with E-state index in [-0.39, 0.29) is 11.7 Å². The SMILES string of the molecule is O=C(C=Cc1ccc(F)cc1)NCc1ccc(Br)cc1. The molecule has 1 N–H and O–H groups in total. The summed E-state index contributed by atoms with van der Waals surface area (Å²) in [7, 11) is 0. The molecular weight excluding hydrogens is 321 g/mol. The van der Waals surface area contributed by atoms with Gasteiger partial charge in [-0.05, 0) is 41.5 Å². The number of rotatable bonds is 4. The zero-order valence-corrected chi connectivity index (χ0v) is 12.2. The van der Waals surface area contributed by atoms with Crippen LogP contribution in [0.5, 0.6) is 0 Å². The lowest BCUT2D eigenvalue weighted by atomic mass is 10.2. The summed E-state index contributed by atoms with van der Waals surface area (Å²) >= 11 is 3.36. The van der Waals surface area contributed by atoms with Crippen LogP contribution in [0.1, 0.15) is 11.1 Å². The Balaban J connectivity index is 1.86. The monoisotopic (exact) mass is 333 g/mol. The standard InChI is InChI=1S/C16H13BrFNO/c17-14-6-1-13(2-7-14)11-19-16(20)10-5-12-3-8-15(18)9-4-12/h1-10H,11H2,(H,19,20). The average molecular weight is 334 g/mol. The van der Waals surface area contributed by atoms with Gasteiger partial charge in [-0.15, -0.1) is 0 Å². The normalized spacial score (nSPS) is 10.7. The fourth-order valence-electron chi connectivity index (χ4n) is 1.60. The topological polar surface area (TPSA) is 29.1 Å². The fraction of sp³-hybridized carbons (Fsp3) is 0.0625. The number of nitrogens with one attached hydrogen (secondary N) is 1. The molecule has 0 saturated carbocycles. The van der Waals surface area contributed by atoms with E-state index in [4.69, 9.17) is 0 Å². The van der Waals surface area contributed by atoms with Crippen molar-refractivity contribution in [3.63, 3.8) is 0 Å². The quantitative estimate of drug-likeness (QED) is 0.844. The maximum atomic E-state index is 12.7. The molecule has 0 aliphatic carbocycles. The highest BCUT2D eigenvalue weighted by molar-refractivity contribution is 9.10. The molecule has 0 aliphatic heterocycles. The molecule has 20 heavy (non-hydrogen) atoms. The average Bonchev–Trinajstić information content (AvgIpc) is 2.46. The van der Waals surface area contributed by atoms with Gasteiger partial charge in [0.2, 0.25) is 5.91 Å². The molecule has 4 heteroatoms. The predicted octanol–water partition coefficient (Wildman–Crippen LogP) is 3.92. The lowest BCUT2D eigenvalue weighted by molar-refractivity contribution is -0.116. The van der Waals surface area contributed by atoms with Crippen LogP contribution in [0.15, 0.2) is 59.1 Å². The minimum absolute atomic E-state index is 0.183. The first-order valence-corrected chi connectivity index (χ1v) is 6.89. The van der Waals surface area contributed by atoms with Gasteiger partial charge in [0.25, 0.3) is 0 Å². The van der Waals surface area contributed by atoms with Gasteiger partial charge in [-0.2, -0.15) is 0 Å². The van der Waals surface area contributed by atoms with Crippen LogP contribution in [0.25, 0.3) is 6.08 Å². The number of amides is 1. The van der Waals surface area contributed by atoms with E-state index in [2.05, 4.69) is 21.2 Å². The Morgan fingerprint density at radius 3 is 2.40 bits per heavy atom. The minimum atomic E-state index is -0.290. The van der Waals surface area contributed by atoms with Crippen LogP contribution < -0.4 is 5.32 Å². The zero-order valence-electron chi connectivity index (χ0n) is 10.6. The van der Waals surface area contributed by atoms with E-state index in [9.17, 15) is 9.18 Å². The molecule has 0 heterocycles. The summed E-state index contributed by atoms with van der Waals surface area (Å²) in [5.41, 5.74) is 1.81. The predicted molar refractivity (Wildman–Crippen MR) is 81.4 cm³/mol. The summed E-state index contributed by atoms with van der Waals surface area (Å²) in [5, 5.41) is 2.78. The van der Waals surface area contributed by atoms with Gasteiger partial charge in [-0.3, -0.25) is 4.79 Å². The van der Waals surface area contributed by atoms with Crippen molar-refractivity contribution in [3.05, 3.63) is 76.0 Å². The summed E-state index contributed by atoms with van der Waals surface area (Å²) in [6.07, 6.45) is 3.09. The van der Waals surface area contributed by atoms with Crippen LogP contribution in [0, 0.1) is 5.82 Å². The van der Waals surface area contributed by atoms with E-state index in [0.717, 1.165) is 15.6 Å². The molecule has 0 aliphatic rings. The Kier molecular flexibility index (Phi) is 5.07. The van der Waals surface area contributed by atoms with Crippen LogP contribution in [-0.4, -0.2) is 5.91 Å². The summed E-state index contributed by atoms with van der Waals surface area (Å²) < 4.78 is 13.7. The Bertz CT molecular complexity index is 605. The Morgan fingerprint density at radius 1 is 1.10 bits per heavy atom. The van der Waals surface area contributed by atoms with Crippen molar-refractivity contribution in [1.29, 1.82) is 0 Å². The molecule has 0 fully saturated rings. The number of carbonyl (C=O) groups excluding carboxylic acids is 1. The lowest BCUT2D eigenvalue weighted by Gasteiger charge is -2.02. The van der Waals surface area contributed by atoms with Crippen LogP contribution in [0.4, 0.5) is 4.39 Å². The molecule has 0 radical (unpaired) electrons. The second kappa shape index (κ2) is 7.01. The fourth-order valence-corrected chi connectivity index (χ4v) is 1.86. The molecule has 2 aromatic rings. The van der Waals surface area contributed by atoms with Crippen molar-refractivity contribution in [1.82, 2.24) is 5.32 Å². The number of hydrogen-bond acceptors (Lipinski definition) is 1. The van der Waals surface area contributed by atoms with Gasteiger partial charge >= 0.3 is 0 Å². The second-order valence-corrected chi connectivity index (χ2v) is 5.14. The summed E-state index contributed by atoms with van der Waals surface area (Å²) in [4.78, 5) is 11.6. The third-order valence-electron chi connectivity index (χ3n) is 2.68. The summed E-state index contributed by atoms with van der Waals surface area (Å²) in [6, 6.07) is 13.7. The molecule has 2 rings (SSSR count). The van der Waals surface area contributed by atoms with E-state index in [1.807, 2.05) is 24.3 Å². The van der Waals surface area contributed by atoms with Crippen molar-refractivity contribution in [3.8, 4) is 0 Å². The van der Waals surface area contributed by atoms with Gasteiger partial charge < -0.3 is 5.32 Å². The van der Waals surface area contributed by atoms with Crippen LogP contribution in [0.3, 0.4) is 0 Å². The van der Waals surface area contributed by atoms with Gasteiger partial charge in [0.05, 0.1) is 0 Å². The molecule has 102 valence electrons. The Morgan fingerprint density at radius 2 is 1.75 bits per heavy atom. The number of hydrogen-bond donors (Lipinski definition) is 1. The smallest absolute Gasteiger partial charge is 0.244 e. The van der Waals surface area contributed by atoms with Crippen molar-refractivity contribution < 1.29 is 9.18 Å². The molecular formula is C16H13BrFNO. The first-order chi connectivity index (χ1) is 9.63. The molecule has 0 saturated heterocycles. The number of carbonyl (C=O) groups is 1. The maximum Gasteiger partial charge on any atom is 0.244 e. The molecule has 2 nitrogen and oxygen atoms in total. The van der Waals surface area contributed by atoms with Crippen molar-refractivity contribution in [2.75, 3.05) is 0 Å². The van der Waals surface area contributed by atoms with E-state index >= 15 is 0 Å². The Labute approximate surface area is 125 Å². The van der Waals surface area contributed by atoms with Crippen LogP contribution >= 0.6 is 15.9 Å². The van der Waals surface area contributed by atoms with E-state index in [0.29, 0.717) is 6.54 Å². The molecule has 0 spiro atoms. The van der Waals surface area contributed by atoms with Crippen LogP contribution in [0.2, 0.25) is 0 Å². The van der Waals surface area contributed by atoms with Crippen molar-refractivity contribution in [2.24, 2.45) is 0 Å².